The first-order valence-electron chi connectivity index (χ1n) is 11.4. The lowest BCUT2D eigenvalue weighted by Gasteiger charge is -2.30. The lowest BCUT2D eigenvalue weighted by atomic mass is 9.97. The van der Waals surface area contributed by atoms with Crippen LogP contribution >= 0.6 is 0 Å². The molecule has 0 bridgehead atoms. The Morgan fingerprint density at radius 2 is 1.77 bits per heavy atom. The average Bonchev–Trinajstić information content (AvgIpc) is 3.22. The molecule has 0 atom stereocenters. The van der Waals surface area contributed by atoms with Gasteiger partial charge in [0.2, 0.25) is 15.9 Å². The molecule has 1 aromatic heterocycles. The minimum absolute atomic E-state index is 0.0406. The zero-order valence-electron chi connectivity index (χ0n) is 19.9. The fraction of sp³-hybridized carbons (Fsp3) is 0.308. The monoisotopic (exact) mass is 497 g/mol. The first-order chi connectivity index (χ1) is 16.6. The van der Waals surface area contributed by atoms with Crippen LogP contribution in [0.25, 0.3) is 12.2 Å². The molecule has 1 amide bonds. The fourth-order valence-corrected chi connectivity index (χ4v) is 5.77. The highest BCUT2D eigenvalue weighted by atomic mass is 32.2. The number of sulfonamides is 1. The number of hydrogen-bond donors (Lipinski definition) is 1. The minimum atomic E-state index is -3.86. The van der Waals surface area contributed by atoms with Crippen LogP contribution in [-0.4, -0.2) is 36.9 Å². The highest BCUT2D eigenvalue weighted by Crippen LogP contribution is 2.30. The molecule has 1 fully saturated rings. The van der Waals surface area contributed by atoms with Crippen molar-refractivity contribution in [2.75, 3.05) is 18.4 Å². The summed E-state index contributed by atoms with van der Waals surface area (Å²) in [5.41, 5.74) is 3.21. The molecule has 35 heavy (non-hydrogen) atoms. The maximum Gasteiger partial charge on any atom is 0.248 e. The van der Waals surface area contributed by atoms with E-state index >= 15 is 0 Å². The van der Waals surface area contributed by atoms with Crippen LogP contribution in [0, 0.1) is 32.5 Å². The number of halogens is 1. The Bertz CT molecular complexity index is 1360. The summed E-state index contributed by atoms with van der Waals surface area (Å²) in [6.45, 7) is 5.62. The van der Waals surface area contributed by atoms with Crippen LogP contribution in [0.3, 0.4) is 0 Å². The molecule has 0 unspecified atom stereocenters. The Labute approximate surface area is 204 Å². The van der Waals surface area contributed by atoms with Crippen molar-refractivity contribution in [1.82, 2.24) is 9.46 Å². The van der Waals surface area contributed by atoms with Gasteiger partial charge in [0, 0.05) is 24.7 Å². The van der Waals surface area contributed by atoms with Gasteiger partial charge in [-0.05, 0) is 62.9 Å². The third kappa shape index (κ3) is 5.52. The van der Waals surface area contributed by atoms with E-state index in [0.717, 1.165) is 11.1 Å². The average molecular weight is 498 g/mol. The molecule has 0 radical (unpaired) electrons. The summed E-state index contributed by atoms with van der Waals surface area (Å²) in [6, 6.07) is 12.3. The Hall–Kier alpha value is -3.30. The molecule has 184 valence electrons. The molecular weight excluding hydrogens is 469 g/mol. The van der Waals surface area contributed by atoms with Crippen molar-refractivity contribution in [1.29, 1.82) is 0 Å². The largest absolute Gasteiger partial charge is 0.355 e. The molecular formula is C26H28FN3O4S. The SMILES string of the molecule is Cc1ccc(/C=C/c2onc(C)c2S(=O)(=O)N2CCC(C(=O)Nc3ccc(C)c(F)c3)CC2)cc1. The molecule has 0 saturated carbocycles. The predicted octanol–water partition coefficient (Wildman–Crippen LogP) is 4.95. The minimum Gasteiger partial charge on any atom is -0.355 e. The Morgan fingerprint density at radius 1 is 1.09 bits per heavy atom. The van der Waals surface area contributed by atoms with Crippen LogP contribution in [0.1, 0.15) is 41.0 Å². The number of anilines is 1. The second-order valence-corrected chi connectivity index (χ2v) is 10.7. The maximum absolute atomic E-state index is 13.8. The third-order valence-electron chi connectivity index (χ3n) is 6.20. The van der Waals surface area contributed by atoms with Gasteiger partial charge in [-0.3, -0.25) is 4.79 Å². The zero-order chi connectivity index (χ0) is 25.2. The lowest BCUT2D eigenvalue weighted by molar-refractivity contribution is -0.120. The summed E-state index contributed by atoms with van der Waals surface area (Å²) in [6.07, 6.45) is 4.11. The number of hydrogen-bond acceptors (Lipinski definition) is 5. The number of piperidine rings is 1. The highest BCUT2D eigenvalue weighted by molar-refractivity contribution is 7.89. The normalized spacial score (nSPS) is 15.5. The van der Waals surface area contributed by atoms with Crippen molar-refractivity contribution < 1.29 is 22.1 Å². The van der Waals surface area contributed by atoms with Crippen LogP contribution in [0.2, 0.25) is 0 Å². The van der Waals surface area contributed by atoms with Crippen molar-refractivity contribution in [3.63, 3.8) is 0 Å². The van der Waals surface area contributed by atoms with E-state index in [1.54, 1.807) is 38.1 Å². The number of amides is 1. The predicted molar refractivity (Wildman–Crippen MR) is 133 cm³/mol. The van der Waals surface area contributed by atoms with E-state index in [2.05, 4.69) is 10.5 Å². The van der Waals surface area contributed by atoms with Crippen molar-refractivity contribution in [3.8, 4) is 0 Å². The van der Waals surface area contributed by atoms with E-state index < -0.39 is 10.0 Å². The number of nitrogens with zero attached hydrogens (tertiary/aromatic N) is 2. The topological polar surface area (TPSA) is 92.5 Å². The quantitative estimate of drug-likeness (QED) is 0.520. The second kappa shape index (κ2) is 10.1. The van der Waals surface area contributed by atoms with Gasteiger partial charge >= 0.3 is 0 Å². The Balaban J connectivity index is 1.44. The number of carbonyl (C=O) groups is 1. The fourth-order valence-electron chi connectivity index (χ4n) is 4.05. The summed E-state index contributed by atoms with van der Waals surface area (Å²) in [7, 11) is -3.86. The highest BCUT2D eigenvalue weighted by Gasteiger charge is 2.36. The standard InChI is InChI=1S/C26H28FN3O4S/c1-17-4-7-20(8-5-17)9-11-24-25(19(3)29-34-24)35(32,33)30-14-12-21(13-15-30)26(31)28-22-10-6-18(2)23(27)16-22/h4-11,16,21H,12-15H2,1-3H3,(H,28,31)/b11-9+. The summed E-state index contributed by atoms with van der Waals surface area (Å²) in [5.74, 6) is -0.826. The summed E-state index contributed by atoms with van der Waals surface area (Å²) >= 11 is 0. The number of carbonyl (C=O) groups excluding carboxylic acids is 1. The number of benzene rings is 2. The second-order valence-electron chi connectivity index (χ2n) is 8.84. The molecule has 3 aromatic rings. The van der Waals surface area contributed by atoms with Gasteiger partial charge in [-0.2, -0.15) is 4.31 Å². The molecule has 1 aliphatic rings. The maximum atomic E-state index is 13.8. The third-order valence-corrected chi connectivity index (χ3v) is 8.26. The van der Waals surface area contributed by atoms with Crippen molar-refractivity contribution in [2.24, 2.45) is 5.92 Å². The van der Waals surface area contributed by atoms with Gasteiger partial charge in [-0.25, -0.2) is 12.8 Å². The van der Waals surface area contributed by atoms with E-state index in [1.807, 2.05) is 31.2 Å². The first-order valence-corrected chi connectivity index (χ1v) is 12.9. The molecule has 7 nitrogen and oxygen atoms in total. The molecule has 4 rings (SSSR count). The number of rotatable bonds is 6. The first kappa shape index (κ1) is 24.8. The molecule has 1 aliphatic heterocycles. The summed E-state index contributed by atoms with van der Waals surface area (Å²) < 4.78 is 47.3. The van der Waals surface area contributed by atoms with E-state index in [9.17, 15) is 17.6 Å². The van der Waals surface area contributed by atoms with Crippen LogP contribution in [0.5, 0.6) is 0 Å². The van der Waals surface area contributed by atoms with Crippen LogP contribution in [-0.2, 0) is 14.8 Å². The molecule has 2 heterocycles. The van der Waals surface area contributed by atoms with Gasteiger partial charge in [-0.1, -0.05) is 47.1 Å². The summed E-state index contributed by atoms with van der Waals surface area (Å²) in [4.78, 5) is 12.7. The van der Waals surface area contributed by atoms with Gasteiger partial charge in [0.15, 0.2) is 10.7 Å². The van der Waals surface area contributed by atoms with E-state index in [1.165, 1.54) is 10.4 Å². The van der Waals surface area contributed by atoms with Gasteiger partial charge < -0.3 is 9.84 Å². The number of aryl methyl sites for hydroxylation is 3. The van der Waals surface area contributed by atoms with Crippen LogP contribution < -0.4 is 5.32 Å². The van der Waals surface area contributed by atoms with Crippen LogP contribution in [0.4, 0.5) is 10.1 Å². The van der Waals surface area contributed by atoms with E-state index in [-0.39, 0.29) is 47.1 Å². The van der Waals surface area contributed by atoms with Gasteiger partial charge in [0.25, 0.3) is 0 Å². The molecule has 0 spiro atoms. The van der Waals surface area contributed by atoms with Gasteiger partial charge in [0.05, 0.1) is 0 Å². The summed E-state index contributed by atoms with van der Waals surface area (Å²) in [5, 5.41) is 6.61. The molecule has 1 N–H and O–H groups in total. The lowest BCUT2D eigenvalue weighted by Crippen LogP contribution is -2.41. The number of aromatic nitrogens is 1. The smallest absolute Gasteiger partial charge is 0.248 e. The Morgan fingerprint density at radius 3 is 2.43 bits per heavy atom. The van der Waals surface area contributed by atoms with Gasteiger partial charge in [0.1, 0.15) is 11.5 Å². The van der Waals surface area contributed by atoms with E-state index in [0.29, 0.717) is 24.1 Å². The number of nitrogens with one attached hydrogen (secondary N) is 1. The molecule has 2 aromatic carbocycles. The van der Waals surface area contributed by atoms with Crippen molar-refractivity contribution in [3.05, 3.63) is 76.4 Å². The molecule has 9 heteroatoms. The van der Waals surface area contributed by atoms with Crippen molar-refractivity contribution >= 4 is 33.8 Å². The van der Waals surface area contributed by atoms with Crippen LogP contribution in [0.15, 0.2) is 51.9 Å². The Kier molecular flexibility index (Phi) is 7.18. The molecule has 1 saturated heterocycles. The van der Waals surface area contributed by atoms with Gasteiger partial charge in [-0.15, -0.1) is 0 Å². The van der Waals surface area contributed by atoms with Crippen molar-refractivity contribution in [2.45, 2.75) is 38.5 Å². The zero-order valence-corrected chi connectivity index (χ0v) is 20.7. The van der Waals surface area contributed by atoms with E-state index in [4.69, 9.17) is 4.52 Å². The molecule has 0 aliphatic carbocycles.